The molecular formula is C20H24F4N6. The summed E-state index contributed by atoms with van der Waals surface area (Å²) in [5.74, 6) is -0.162. The van der Waals surface area contributed by atoms with Crippen LogP contribution in [0, 0.1) is 5.82 Å². The van der Waals surface area contributed by atoms with Crippen LogP contribution in [0.5, 0.6) is 0 Å². The van der Waals surface area contributed by atoms with Crippen molar-refractivity contribution in [3.63, 3.8) is 0 Å². The van der Waals surface area contributed by atoms with Gasteiger partial charge in [-0.1, -0.05) is 0 Å². The third-order valence-corrected chi connectivity index (χ3v) is 5.48. The highest BCUT2D eigenvalue weighted by atomic mass is 19.4. The van der Waals surface area contributed by atoms with Crippen LogP contribution >= 0.6 is 0 Å². The maximum atomic E-state index is 13.7. The van der Waals surface area contributed by atoms with Gasteiger partial charge in [-0.15, -0.1) is 5.10 Å². The number of nitrogens with zero attached hydrogens (tertiary/aromatic N) is 3. The summed E-state index contributed by atoms with van der Waals surface area (Å²) in [5.41, 5.74) is 0.479. The Morgan fingerprint density at radius 2 is 1.90 bits per heavy atom. The number of halogens is 4. The number of hydrogen-bond acceptors (Lipinski definition) is 6. The molecule has 1 saturated heterocycles. The maximum Gasteiger partial charge on any atom is 0.416 e. The van der Waals surface area contributed by atoms with E-state index >= 15 is 0 Å². The van der Waals surface area contributed by atoms with Gasteiger partial charge in [-0.3, -0.25) is 0 Å². The van der Waals surface area contributed by atoms with Gasteiger partial charge >= 0.3 is 6.18 Å². The highest BCUT2D eigenvalue weighted by molar-refractivity contribution is 5.68. The Kier molecular flexibility index (Phi) is 6.05. The lowest BCUT2D eigenvalue weighted by molar-refractivity contribution is -0.138. The Labute approximate surface area is 172 Å². The number of alkyl halides is 3. The fraction of sp³-hybridized carbons (Fsp3) is 0.500. The number of fused-ring (bicyclic) bond motifs is 1. The molecule has 10 heteroatoms. The van der Waals surface area contributed by atoms with Crippen LogP contribution in [0.3, 0.4) is 0 Å². The molecule has 4 rings (SSSR count). The van der Waals surface area contributed by atoms with Crippen LogP contribution in [0.25, 0.3) is 0 Å². The van der Waals surface area contributed by atoms with Crippen LogP contribution in [0.15, 0.2) is 24.3 Å². The molecule has 0 saturated carbocycles. The number of hydrogen-bond donors (Lipinski definition) is 3. The third-order valence-electron chi connectivity index (χ3n) is 5.48. The molecule has 0 unspecified atom stereocenters. The minimum atomic E-state index is -4.54. The van der Waals surface area contributed by atoms with E-state index < -0.39 is 17.6 Å². The summed E-state index contributed by atoms with van der Waals surface area (Å²) in [7, 11) is 0. The first-order valence-electron chi connectivity index (χ1n) is 10.1. The SMILES string of the molecule is Fc1ccc(C(F)(F)F)c(CN2CCNc3nnc(CNC4CCNCC4)cc32)c1. The van der Waals surface area contributed by atoms with Crippen LogP contribution in [-0.4, -0.2) is 42.4 Å². The van der Waals surface area contributed by atoms with Gasteiger partial charge in [-0.25, -0.2) is 4.39 Å². The second-order valence-corrected chi connectivity index (χ2v) is 7.62. The van der Waals surface area contributed by atoms with Gasteiger partial charge in [0, 0.05) is 32.2 Å². The van der Waals surface area contributed by atoms with E-state index in [1.165, 1.54) is 0 Å². The van der Waals surface area contributed by atoms with E-state index in [0.717, 1.165) is 49.8 Å². The molecule has 6 nitrogen and oxygen atoms in total. The van der Waals surface area contributed by atoms with Crippen LogP contribution in [0.1, 0.15) is 29.7 Å². The van der Waals surface area contributed by atoms with Gasteiger partial charge in [-0.05, 0) is 55.8 Å². The zero-order chi connectivity index (χ0) is 21.1. The van der Waals surface area contributed by atoms with Crippen LogP contribution in [-0.2, 0) is 19.3 Å². The van der Waals surface area contributed by atoms with Crippen molar-refractivity contribution in [2.75, 3.05) is 36.4 Å². The first-order valence-corrected chi connectivity index (χ1v) is 10.1. The van der Waals surface area contributed by atoms with Crippen molar-refractivity contribution < 1.29 is 17.6 Å². The molecule has 0 amide bonds. The molecule has 0 atom stereocenters. The lowest BCUT2D eigenvalue weighted by Crippen LogP contribution is -2.40. The first-order chi connectivity index (χ1) is 14.4. The summed E-state index contributed by atoms with van der Waals surface area (Å²) in [6.07, 6.45) is -2.47. The smallest absolute Gasteiger partial charge is 0.365 e. The van der Waals surface area contributed by atoms with Gasteiger partial charge in [0.1, 0.15) is 5.82 Å². The molecule has 30 heavy (non-hydrogen) atoms. The highest BCUT2D eigenvalue weighted by Crippen LogP contribution is 2.35. The predicted octanol–water partition coefficient (Wildman–Crippen LogP) is 2.91. The third kappa shape index (κ3) is 4.81. The number of nitrogens with one attached hydrogen (secondary N) is 3. The molecule has 2 aliphatic heterocycles. The molecule has 3 heterocycles. The Bertz CT molecular complexity index is 882. The van der Waals surface area contributed by atoms with Crippen molar-refractivity contribution in [3.05, 3.63) is 46.9 Å². The van der Waals surface area contributed by atoms with Gasteiger partial charge < -0.3 is 20.9 Å². The average molecular weight is 424 g/mol. The van der Waals surface area contributed by atoms with Gasteiger partial charge in [0.05, 0.1) is 16.9 Å². The van der Waals surface area contributed by atoms with Gasteiger partial charge in [0.25, 0.3) is 0 Å². The summed E-state index contributed by atoms with van der Waals surface area (Å²) in [6.45, 7) is 3.42. The van der Waals surface area contributed by atoms with Crippen molar-refractivity contribution in [1.82, 2.24) is 20.8 Å². The van der Waals surface area contributed by atoms with Crippen LogP contribution in [0.4, 0.5) is 29.1 Å². The predicted molar refractivity (Wildman–Crippen MR) is 106 cm³/mol. The first kappa shape index (κ1) is 20.8. The van der Waals surface area contributed by atoms with Gasteiger partial charge in [0.15, 0.2) is 5.82 Å². The average Bonchev–Trinajstić information content (AvgIpc) is 2.72. The van der Waals surface area contributed by atoms with E-state index in [4.69, 9.17) is 0 Å². The van der Waals surface area contributed by atoms with Gasteiger partial charge in [0.2, 0.25) is 0 Å². The number of aromatic nitrogens is 2. The quantitative estimate of drug-likeness (QED) is 0.642. The van der Waals surface area contributed by atoms with Crippen LogP contribution in [0.2, 0.25) is 0 Å². The molecule has 2 aromatic rings. The summed E-state index contributed by atoms with van der Waals surface area (Å²) in [6, 6.07) is 4.84. The summed E-state index contributed by atoms with van der Waals surface area (Å²) < 4.78 is 53.8. The standard InChI is InChI=1S/C20H24F4N6/c21-14-1-2-17(20(22,23)24)13(9-14)12-30-8-7-26-19-18(30)10-16(28-29-19)11-27-15-3-5-25-6-4-15/h1-2,9-10,15,25,27H,3-8,11-12H2,(H,26,29). The highest BCUT2D eigenvalue weighted by Gasteiger charge is 2.34. The topological polar surface area (TPSA) is 65.1 Å². The zero-order valence-electron chi connectivity index (χ0n) is 16.4. The Morgan fingerprint density at radius 3 is 2.67 bits per heavy atom. The minimum Gasteiger partial charge on any atom is -0.365 e. The molecule has 1 aromatic heterocycles. The fourth-order valence-electron chi connectivity index (χ4n) is 3.92. The monoisotopic (exact) mass is 424 g/mol. The van der Waals surface area contributed by atoms with Crippen molar-refractivity contribution >= 4 is 11.5 Å². The van der Waals surface area contributed by atoms with E-state index in [0.29, 0.717) is 37.2 Å². The molecule has 0 spiro atoms. The van der Waals surface area contributed by atoms with E-state index in [1.54, 1.807) is 4.90 Å². The molecular weight excluding hydrogens is 400 g/mol. The summed E-state index contributed by atoms with van der Waals surface area (Å²) in [5, 5.41) is 18.3. The lowest BCUT2D eigenvalue weighted by Gasteiger charge is -2.32. The molecule has 2 aliphatic rings. The Balaban J connectivity index is 1.54. The van der Waals surface area contributed by atoms with Crippen molar-refractivity contribution in [1.29, 1.82) is 0 Å². The number of benzene rings is 1. The second-order valence-electron chi connectivity index (χ2n) is 7.62. The molecule has 3 N–H and O–H groups in total. The molecule has 1 aromatic carbocycles. The Hall–Kier alpha value is -2.46. The number of rotatable bonds is 5. The van der Waals surface area contributed by atoms with Crippen molar-refractivity contribution in [3.8, 4) is 0 Å². The van der Waals surface area contributed by atoms with Crippen molar-refractivity contribution in [2.45, 2.75) is 38.1 Å². The largest absolute Gasteiger partial charge is 0.416 e. The second kappa shape index (κ2) is 8.73. The van der Waals surface area contributed by atoms with E-state index in [-0.39, 0.29) is 12.1 Å². The number of piperidine rings is 1. The minimum absolute atomic E-state index is 0.0614. The molecule has 0 aliphatic carbocycles. The molecule has 0 radical (unpaired) electrons. The molecule has 0 bridgehead atoms. The molecule has 1 fully saturated rings. The summed E-state index contributed by atoms with van der Waals surface area (Å²) in [4.78, 5) is 1.79. The summed E-state index contributed by atoms with van der Waals surface area (Å²) >= 11 is 0. The molecule has 162 valence electrons. The van der Waals surface area contributed by atoms with E-state index in [1.807, 2.05) is 6.07 Å². The van der Waals surface area contributed by atoms with Crippen LogP contribution < -0.4 is 20.9 Å². The normalized spacial score (nSPS) is 17.5. The maximum absolute atomic E-state index is 13.7. The van der Waals surface area contributed by atoms with Gasteiger partial charge in [-0.2, -0.15) is 18.3 Å². The zero-order valence-corrected chi connectivity index (χ0v) is 16.4. The van der Waals surface area contributed by atoms with E-state index in [2.05, 4.69) is 26.1 Å². The van der Waals surface area contributed by atoms with Crippen molar-refractivity contribution in [2.24, 2.45) is 0 Å². The fourth-order valence-corrected chi connectivity index (χ4v) is 3.92. The number of anilines is 2. The van der Waals surface area contributed by atoms with E-state index in [9.17, 15) is 17.6 Å². The Morgan fingerprint density at radius 1 is 1.10 bits per heavy atom. The lowest BCUT2D eigenvalue weighted by atomic mass is 10.1.